The molecule has 2 N–H and O–H groups in total. The molecule has 4 rings (SSSR count). The maximum Gasteiger partial charge on any atom is 0.303 e. The van der Waals surface area contributed by atoms with Crippen LogP contribution in [0.4, 0.5) is 0 Å². The molecule has 6 nitrogen and oxygen atoms in total. The zero-order valence-corrected chi connectivity index (χ0v) is 17.3. The quantitative estimate of drug-likeness (QED) is 0.702. The molecule has 29 heavy (non-hydrogen) atoms. The summed E-state index contributed by atoms with van der Waals surface area (Å²) < 4.78 is 4.88. The molecule has 0 saturated heterocycles. The molecule has 4 aliphatic carbocycles. The van der Waals surface area contributed by atoms with Crippen molar-refractivity contribution in [3.05, 3.63) is 23.8 Å². The highest BCUT2D eigenvalue weighted by atomic mass is 16.5. The fraction of sp³-hybridized carbons (Fsp3) is 0.696. The second-order valence-corrected chi connectivity index (χ2v) is 9.81. The number of fused-ring (bicyclic) bond motifs is 5. The van der Waals surface area contributed by atoms with Gasteiger partial charge in [0, 0.05) is 23.7 Å². The molecule has 0 unspecified atom stereocenters. The highest BCUT2D eigenvalue weighted by molar-refractivity contribution is 6.01. The molecule has 6 heteroatoms. The van der Waals surface area contributed by atoms with Crippen LogP contribution in [0.3, 0.4) is 0 Å². The molecule has 0 aromatic carbocycles. The van der Waals surface area contributed by atoms with Crippen molar-refractivity contribution >= 4 is 17.5 Å². The first kappa shape index (κ1) is 20.5. The number of ketones is 2. The number of carbonyl (C=O) groups excluding carboxylic acids is 3. The number of Topliss-reactive ketones (excluding diaryl/α,β-unsaturated/α-hetero) is 1. The standard InChI is InChI=1S/C23H30O6/c1-13(24)29-12-19(27)23(28)9-7-17-16-5-4-14-10-15(25)6-8-21(14,2)20(16)18(26)11-22(17,23)3/h6,8,10,16-18,20,26,28H,4-5,7,9,11-12H2,1-3H3/t16-,17-,18+,20+,21+,22+,23-/m1/s1. The van der Waals surface area contributed by atoms with Crippen LogP contribution >= 0.6 is 0 Å². The van der Waals surface area contributed by atoms with Gasteiger partial charge in [-0.25, -0.2) is 0 Å². The number of hydrogen-bond donors (Lipinski definition) is 2. The molecule has 3 fully saturated rings. The van der Waals surface area contributed by atoms with Gasteiger partial charge in [-0.1, -0.05) is 25.5 Å². The molecule has 4 aliphatic rings. The van der Waals surface area contributed by atoms with Gasteiger partial charge in [0.25, 0.3) is 0 Å². The van der Waals surface area contributed by atoms with Crippen LogP contribution in [-0.4, -0.2) is 46.1 Å². The van der Waals surface area contributed by atoms with E-state index < -0.39 is 35.5 Å². The second-order valence-electron chi connectivity index (χ2n) is 9.81. The lowest BCUT2D eigenvalue weighted by molar-refractivity contribution is -0.181. The Bertz CT molecular complexity index is 827. The van der Waals surface area contributed by atoms with E-state index in [2.05, 4.69) is 6.92 Å². The Morgan fingerprint density at radius 1 is 1.28 bits per heavy atom. The summed E-state index contributed by atoms with van der Waals surface area (Å²) >= 11 is 0. The molecular formula is C23H30O6. The van der Waals surface area contributed by atoms with E-state index in [9.17, 15) is 24.6 Å². The average molecular weight is 402 g/mol. The summed E-state index contributed by atoms with van der Waals surface area (Å²) in [5, 5.41) is 22.7. The van der Waals surface area contributed by atoms with E-state index in [1.54, 1.807) is 12.2 Å². The van der Waals surface area contributed by atoms with Crippen molar-refractivity contribution in [2.45, 2.75) is 64.6 Å². The van der Waals surface area contributed by atoms with E-state index in [-0.39, 0.29) is 29.0 Å². The number of aliphatic hydroxyl groups excluding tert-OH is 1. The lowest BCUT2D eigenvalue weighted by Gasteiger charge is -2.59. The number of ether oxygens (including phenoxy) is 1. The third kappa shape index (κ3) is 2.79. The first-order valence-electron chi connectivity index (χ1n) is 10.5. The molecule has 7 atom stereocenters. The first-order chi connectivity index (χ1) is 13.5. The van der Waals surface area contributed by atoms with Crippen molar-refractivity contribution in [3.63, 3.8) is 0 Å². The number of rotatable bonds is 3. The van der Waals surface area contributed by atoms with Gasteiger partial charge in [0.1, 0.15) is 5.60 Å². The predicted molar refractivity (Wildman–Crippen MR) is 105 cm³/mol. The molecule has 0 amide bonds. The Morgan fingerprint density at radius 2 is 2.00 bits per heavy atom. The highest BCUT2D eigenvalue weighted by Gasteiger charge is 2.68. The van der Waals surface area contributed by atoms with Gasteiger partial charge in [-0.2, -0.15) is 0 Å². The molecule has 0 aromatic heterocycles. The van der Waals surface area contributed by atoms with Crippen LogP contribution in [0.1, 0.15) is 52.9 Å². The maximum absolute atomic E-state index is 12.9. The number of aliphatic hydroxyl groups is 2. The minimum absolute atomic E-state index is 0.00243. The van der Waals surface area contributed by atoms with Gasteiger partial charge >= 0.3 is 5.97 Å². The second kappa shape index (κ2) is 6.61. The Hall–Kier alpha value is -1.79. The lowest BCUT2D eigenvalue weighted by atomic mass is 9.46. The van der Waals surface area contributed by atoms with E-state index in [4.69, 9.17) is 4.74 Å². The van der Waals surface area contributed by atoms with Crippen molar-refractivity contribution in [1.82, 2.24) is 0 Å². The minimum atomic E-state index is -1.60. The predicted octanol–water partition coefficient (Wildman–Crippen LogP) is 2.13. The van der Waals surface area contributed by atoms with Crippen LogP contribution in [0.15, 0.2) is 23.8 Å². The molecule has 0 heterocycles. The van der Waals surface area contributed by atoms with Gasteiger partial charge in [-0.15, -0.1) is 0 Å². The summed E-state index contributed by atoms with van der Waals surface area (Å²) in [4.78, 5) is 35.9. The minimum Gasteiger partial charge on any atom is -0.458 e. The van der Waals surface area contributed by atoms with Gasteiger partial charge in [0.15, 0.2) is 12.4 Å². The fourth-order valence-corrected chi connectivity index (χ4v) is 7.08. The van der Waals surface area contributed by atoms with Crippen LogP contribution in [0.5, 0.6) is 0 Å². The topological polar surface area (TPSA) is 101 Å². The Labute approximate surface area is 171 Å². The van der Waals surface area contributed by atoms with Gasteiger partial charge in [0.2, 0.25) is 5.78 Å². The number of esters is 1. The summed E-state index contributed by atoms with van der Waals surface area (Å²) in [6, 6.07) is 0. The Kier molecular flexibility index (Phi) is 4.67. The third-order valence-corrected chi connectivity index (χ3v) is 8.52. The molecule has 0 radical (unpaired) electrons. The normalized spacial score (nSPS) is 45.7. The zero-order valence-electron chi connectivity index (χ0n) is 17.3. The van der Waals surface area contributed by atoms with Gasteiger partial charge in [0.05, 0.1) is 6.10 Å². The molecule has 0 bridgehead atoms. The molecular weight excluding hydrogens is 372 g/mol. The third-order valence-electron chi connectivity index (χ3n) is 8.52. The summed E-state index contributed by atoms with van der Waals surface area (Å²) in [6.45, 7) is 4.80. The van der Waals surface area contributed by atoms with Crippen molar-refractivity contribution < 1.29 is 29.3 Å². The summed E-state index contributed by atoms with van der Waals surface area (Å²) in [5.41, 5.74) is -1.67. The summed E-state index contributed by atoms with van der Waals surface area (Å²) in [5.74, 6) is -0.836. The van der Waals surface area contributed by atoms with Crippen molar-refractivity contribution in [2.75, 3.05) is 6.61 Å². The first-order valence-corrected chi connectivity index (χ1v) is 10.5. The van der Waals surface area contributed by atoms with Crippen molar-refractivity contribution in [2.24, 2.45) is 28.6 Å². The summed E-state index contributed by atoms with van der Waals surface area (Å²) in [6.07, 6.45) is 7.50. The van der Waals surface area contributed by atoms with Crippen LogP contribution in [0, 0.1) is 28.6 Å². The molecule has 158 valence electrons. The maximum atomic E-state index is 12.9. The van der Waals surface area contributed by atoms with Crippen LogP contribution in [0.25, 0.3) is 0 Å². The Balaban J connectivity index is 1.66. The van der Waals surface area contributed by atoms with Crippen LogP contribution < -0.4 is 0 Å². The highest BCUT2D eigenvalue weighted by Crippen LogP contribution is 2.67. The number of allylic oxidation sites excluding steroid dienone is 4. The van der Waals surface area contributed by atoms with E-state index in [0.717, 1.165) is 18.4 Å². The molecule has 3 saturated carbocycles. The van der Waals surface area contributed by atoms with E-state index in [0.29, 0.717) is 19.3 Å². The Morgan fingerprint density at radius 3 is 2.69 bits per heavy atom. The number of hydrogen-bond acceptors (Lipinski definition) is 6. The van der Waals surface area contributed by atoms with Gasteiger partial charge < -0.3 is 14.9 Å². The SMILES string of the molecule is CC(=O)OCC(=O)[C@]1(O)CC[C@@H]2[C@H]3CCC4=CC(=O)C=C[C@]4(C)[C@@H]3[C@@H](O)C[C@@]21C. The molecule has 0 aliphatic heterocycles. The monoisotopic (exact) mass is 402 g/mol. The van der Waals surface area contributed by atoms with E-state index >= 15 is 0 Å². The molecule has 0 aromatic rings. The van der Waals surface area contributed by atoms with Gasteiger partial charge in [-0.3, -0.25) is 14.4 Å². The average Bonchev–Trinajstić information content (AvgIpc) is 2.91. The van der Waals surface area contributed by atoms with E-state index in [1.165, 1.54) is 6.92 Å². The van der Waals surface area contributed by atoms with Crippen LogP contribution in [-0.2, 0) is 19.1 Å². The van der Waals surface area contributed by atoms with Crippen molar-refractivity contribution in [1.29, 1.82) is 0 Å². The van der Waals surface area contributed by atoms with Crippen LogP contribution in [0.2, 0.25) is 0 Å². The fourth-order valence-electron chi connectivity index (χ4n) is 7.08. The van der Waals surface area contributed by atoms with Gasteiger partial charge in [-0.05, 0) is 56.1 Å². The zero-order chi connectivity index (χ0) is 21.2. The summed E-state index contributed by atoms with van der Waals surface area (Å²) in [7, 11) is 0. The largest absolute Gasteiger partial charge is 0.458 e. The molecule has 0 spiro atoms. The van der Waals surface area contributed by atoms with Crippen molar-refractivity contribution in [3.8, 4) is 0 Å². The lowest BCUT2D eigenvalue weighted by Crippen LogP contribution is -2.61. The smallest absolute Gasteiger partial charge is 0.303 e. The van der Waals surface area contributed by atoms with E-state index in [1.807, 2.05) is 13.0 Å². The number of carbonyl (C=O) groups is 3.